The number of nitrogens with zero attached hydrogens (tertiary/aromatic N) is 1. The number of benzene rings is 1. The van der Waals surface area contributed by atoms with Crippen molar-refractivity contribution in [1.29, 1.82) is 0 Å². The summed E-state index contributed by atoms with van der Waals surface area (Å²) in [7, 11) is 0. The molecule has 0 unspecified atom stereocenters. The monoisotopic (exact) mass is 385 g/mol. The molecule has 3 saturated heterocycles. The van der Waals surface area contributed by atoms with Gasteiger partial charge in [-0.05, 0) is 43.4 Å². The number of ether oxygens (including phenoxy) is 1. The van der Waals surface area contributed by atoms with Gasteiger partial charge >= 0.3 is 0 Å². The average Bonchev–Trinajstić information content (AvgIpc) is 2.94. The fourth-order valence-electron chi connectivity index (χ4n) is 5.24. The Labute approximate surface area is 167 Å². The topological polar surface area (TPSA) is 70.7 Å². The summed E-state index contributed by atoms with van der Waals surface area (Å²) in [6.07, 6.45) is 5.78. The molecule has 6 nitrogen and oxygen atoms in total. The SMILES string of the molecule is CC(=O)Nc1cccc([C@@H]2CN(C3CCOCC3)C[C@]23CCCCC(=O)N3)c1. The first kappa shape index (κ1) is 19.4. The van der Waals surface area contributed by atoms with Crippen LogP contribution in [-0.4, -0.2) is 54.6 Å². The fraction of sp³-hybridized carbons (Fsp3) is 0.636. The molecule has 1 aromatic rings. The maximum Gasteiger partial charge on any atom is 0.221 e. The highest BCUT2D eigenvalue weighted by atomic mass is 16.5. The van der Waals surface area contributed by atoms with Crippen molar-refractivity contribution in [2.24, 2.45) is 0 Å². The molecule has 3 aliphatic heterocycles. The van der Waals surface area contributed by atoms with Crippen molar-refractivity contribution >= 4 is 17.5 Å². The van der Waals surface area contributed by atoms with Gasteiger partial charge < -0.3 is 15.4 Å². The van der Waals surface area contributed by atoms with Crippen LogP contribution in [-0.2, 0) is 14.3 Å². The Hall–Kier alpha value is -1.92. The first-order valence-corrected chi connectivity index (χ1v) is 10.6. The lowest BCUT2D eigenvalue weighted by molar-refractivity contribution is -0.122. The molecule has 28 heavy (non-hydrogen) atoms. The lowest BCUT2D eigenvalue weighted by atomic mass is 9.79. The largest absolute Gasteiger partial charge is 0.381 e. The highest BCUT2D eigenvalue weighted by Gasteiger charge is 2.50. The highest BCUT2D eigenvalue weighted by Crippen LogP contribution is 2.43. The molecule has 3 fully saturated rings. The minimum Gasteiger partial charge on any atom is -0.381 e. The van der Waals surface area contributed by atoms with Gasteiger partial charge in [0.15, 0.2) is 0 Å². The quantitative estimate of drug-likeness (QED) is 0.839. The van der Waals surface area contributed by atoms with Crippen molar-refractivity contribution in [2.45, 2.75) is 62.9 Å². The smallest absolute Gasteiger partial charge is 0.221 e. The first-order chi connectivity index (χ1) is 13.6. The van der Waals surface area contributed by atoms with Crippen LogP contribution in [0.15, 0.2) is 24.3 Å². The number of rotatable bonds is 3. The summed E-state index contributed by atoms with van der Waals surface area (Å²) in [6, 6.07) is 8.67. The van der Waals surface area contributed by atoms with Gasteiger partial charge in [0.1, 0.15) is 0 Å². The molecule has 3 heterocycles. The van der Waals surface area contributed by atoms with Gasteiger partial charge in [-0.3, -0.25) is 14.5 Å². The fourth-order valence-corrected chi connectivity index (χ4v) is 5.24. The molecule has 0 bridgehead atoms. The molecule has 1 spiro atoms. The van der Waals surface area contributed by atoms with Crippen molar-refractivity contribution in [3.63, 3.8) is 0 Å². The molecule has 4 rings (SSSR count). The maximum absolute atomic E-state index is 12.5. The van der Waals surface area contributed by atoms with Crippen LogP contribution >= 0.6 is 0 Å². The molecular weight excluding hydrogens is 354 g/mol. The zero-order valence-corrected chi connectivity index (χ0v) is 16.7. The van der Waals surface area contributed by atoms with Gasteiger partial charge in [0.05, 0.1) is 5.54 Å². The number of hydrogen-bond donors (Lipinski definition) is 2. The average molecular weight is 386 g/mol. The van der Waals surface area contributed by atoms with E-state index in [4.69, 9.17) is 4.74 Å². The summed E-state index contributed by atoms with van der Waals surface area (Å²) in [5, 5.41) is 6.33. The number of carbonyl (C=O) groups excluding carboxylic acids is 2. The van der Waals surface area contributed by atoms with Crippen LogP contribution in [0.3, 0.4) is 0 Å². The summed E-state index contributed by atoms with van der Waals surface area (Å²) in [5.41, 5.74) is 1.80. The van der Waals surface area contributed by atoms with Crippen molar-refractivity contribution in [3.05, 3.63) is 29.8 Å². The van der Waals surface area contributed by atoms with Gasteiger partial charge in [0, 0.05) is 57.3 Å². The van der Waals surface area contributed by atoms with Crippen LogP contribution < -0.4 is 10.6 Å². The zero-order valence-electron chi connectivity index (χ0n) is 16.7. The molecule has 0 saturated carbocycles. The van der Waals surface area contributed by atoms with Gasteiger partial charge in [-0.1, -0.05) is 18.6 Å². The number of anilines is 1. The van der Waals surface area contributed by atoms with Crippen molar-refractivity contribution in [3.8, 4) is 0 Å². The van der Waals surface area contributed by atoms with Crippen LogP contribution in [0.25, 0.3) is 0 Å². The maximum atomic E-state index is 12.5. The summed E-state index contributed by atoms with van der Waals surface area (Å²) in [4.78, 5) is 26.6. The van der Waals surface area contributed by atoms with E-state index in [0.29, 0.717) is 12.5 Å². The van der Waals surface area contributed by atoms with E-state index in [1.165, 1.54) is 12.5 Å². The summed E-state index contributed by atoms with van der Waals surface area (Å²) >= 11 is 0. The van der Waals surface area contributed by atoms with Crippen molar-refractivity contribution in [1.82, 2.24) is 10.2 Å². The Kier molecular flexibility index (Phi) is 5.69. The summed E-state index contributed by atoms with van der Waals surface area (Å²) < 4.78 is 5.56. The summed E-state index contributed by atoms with van der Waals surface area (Å²) in [5.74, 6) is 0.338. The van der Waals surface area contributed by atoms with E-state index in [1.54, 1.807) is 0 Å². The number of carbonyl (C=O) groups is 2. The molecule has 6 heteroatoms. The third-order valence-electron chi connectivity index (χ3n) is 6.55. The molecular formula is C22H31N3O3. The van der Waals surface area contributed by atoms with Crippen molar-refractivity contribution in [2.75, 3.05) is 31.6 Å². The Bertz CT molecular complexity index is 731. The minimum atomic E-state index is -0.221. The van der Waals surface area contributed by atoms with Gasteiger partial charge in [-0.15, -0.1) is 0 Å². The molecule has 152 valence electrons. The molecule has 2 amide bonds. The van der Waals surface area contributed by atoms with E-state index in [1.807, 2.05) is 12.1 Å². The van der Waals surface area contributed by atoms with E-state index in [0.717, 1.165) is 64.1 Å². The number of amides is 2. The van der Waals surface area contributed by atoms with Gasteiger partial charge in [-0.25, -0.2) is 0 Å². The van der Waals surface area contributed by atoms with E-state index < -0.39 is 0 Å². The van der Waals surface area contributed by atoms with Crippen LogP contribution in [0.4, 0.5) is 5.69 Å². The van der Waals surface area contributed by atoms with E-state index in [9.17, 15) is 9.59 Å². The van der Waals surface area contributed by atoms with E-state index in [2.05, 4.69) is 27.7 Å². The lowest BCUT2D eigenvalue weighted by Gasteiger charge is -2.36. The number of nitrogens with one attached hydrogen (secondary N) is 2. The van der Waals surface area contributed by atoms with Gasteiger partial charge in [0.2, 0.25) is 11.8 Å². The van der Waals surface area contributed by atoms with Gasteiger partial charge in [-0.2, -0.15) is 0 Å². The highest BCUT2D eigenvalue weighted by molar-refractivity contribution is 5.88. The normalized spacial score (nSPS) is 29.5. The Morgan fingerprint density at radius 2 is 2.11 bits per heavy atom. The second kappa shape index (κ2) is 8.21. The van der Waals surface area contributed by atoms with Crippen molar-refractivity contribution < 1.29 is 14.3 Å². The van der Waals surface area contributed by atoms with Gasteiger partial charge in [0.25, 0.3) is 0 Å². The molecule has 0 radical (unpaired) electrons. The predicted molar refractivity (Wildman–Crippen MR) is 108 cm³/mol. The lowest BCUT2D eigenvalue weighted by Crippen LogP contribution is -2.53. The third kappa shape index (κ3) is 4.08. The molecule has 0 aliphatic carbocycles. The molecule has 3 aliphatic rings. The minimum absolute atomic E-state index is 0.0649. The molecule has 1 aromatic carbocycles. The summed E-state index contributed by atoms with van der Waals surface area (Å²) in [6.45, 7) is 5.02. The second-order valence-electron chi connectivity index (χ2n) is 8.54. The standard InChI is InChI=1S/C22H31N3O3/c1-16(26)23-18-6-4-5-17(13-18)20-14-25(19-8-11-28-12-9-19)15-22(20)10-3-2-7-21(27)24-22/h4-6,13,19-20H,2-3,7-12,14-15H2,1H3,(H,23,26)(H,24,27)/t20-,22+/m0/s1. The van der Waals surface area contributed by atoms with Crippen LogP contribution in [0, 0.1) is 0 Å². The zero-order chi connectivity index (χ0) is 19.6. The van der Waals surface area contributed by atoms with Crippen LogP contribution in [0.5, 0.6) is 0 Å². The second-order valence-corrected chi connectivity index (χ2v) is 8.54. The Morgan fingerprint density at radius 1 is 1.29 bits per heavy atom. The predicted octanol–water partition coefficient (Wildman–Crippen LogP) is 2.65. The van der Waals surface area contributed by atoms with Crippen LogP contribution in [0.1, 0.15) is 56.9 Å². The Morgan fingerprint density at radius 3 is 2.89 bits per heavy atom. The Balaban J connectivity index is 1.65. The molecule has 2 atom stereocenters. The molecule has 0 aromatic heterocycles. The third-order valence-corrected chi connectivity index (χ3v) is 6.55. The van der Waals surface area contributed by atoms with E-state index in [-0.39, 0.29) is 23.3 Å². The first-order valence-electron chi connectivity index (χ1n) is 10.6. The number of likely N-dealkylation sites (tertiary alicyclic amines) is 1. The molecule has 2 N–H and O–H groups in total. The van der Waals surface area contributed by atoms with E-state index >= 15 is 0 Å². The number of hydrogen-bond acceptors (Lipinski definition) is 4. The van der Waals surface area contributed by atoms with Crippen LogP contribution in [0.2, 0.25) is 0 Å².